The van der Waals surface area contributed by atoms with Gasteiger partial charge in [0.15, 0.2) is 0 Å². The molecule has 0 aliphatic heterocycles. The summed E-state index contributed by atoms with van der Waals surface area (Å²) in [7, 11) is 3.38. The van der Waals surface area contributed by atoms with Gasteiger partial charge < -0.3 is 15.7 Å². The van der Waals surface area contributed by atoms with Crippen molar-refractivity contribution in [3.8, 4) is 5.75 Å². The maximum absolute atomic E-state index is 9.43. The molecule has 1 aromatic rings. The Kier molecular flexibility index (Phi) is 5.11. The molecule has 0 saturated heterocycles. The molecular weight excluding hydrogens is 168 g/mol. The Morgan fingerprint density at radius 3 is 1.92 bits per heavy atom. The number of anilines is 1. The Hall–Kier alpha value is -1.71. The number of hydrogen-bond donors (Lipinski definition) is 2. The van der Waals surface area contributed by atoms with Gasteiger partial charge in [-0.2, -0.15) is 0 Å². The Morgan fingerprint density at radius 2 is 1.69 bits per heavy atom. The van der Waals surface area contributed by atoms with Crippen molar-refractivity contribution in [2.75, 3.05) is 19.8 Å². The number of benzene rings is 1. The lowest BCUT2D eigenvalue weighted by Gasteiger charge is -1.93. The molecule has 0 fully saturated rings. The van der Waals surface area contributed by atoms with E-state index in [0.717, 1.165) is 6.41 Å². The quantitative estimate of drug-likeness (QED) is 0.381. The van der Waals surface area contributed by atoms with Gasteiger partial charge in [-0.1, -0.05) is 0 Å². The van der Waals surface area contributed by atoms with Gasteiger partial charge in [0.2, 0.25) is 6.41 Å². The fraction of sp³-hybridized carbons (Fsp3) is 0.222. The summed E-state index contributed by atoms with van der Waals surface area (Å²) in [5, 5.41) is 8.70. The molecule has 0 spiro atoms. The SMILES string of the molecule is CN(C)C=O.Nc1ccc(O)cc1. The topological polar surface area (TPSA) is 66.6 Å². The van der Waals surface area contributed by atoms with Crippen LogP contribution in [-0.2, 0) is 4.79 Å². The zero-order valence-electron chi connectivity index (χ0n) is 7.77. The molecule has 0 aromatic heterocycles. The molecule has 0 saturated carbocycles. The van der Waals surface area contributed by atoms with Crippen molar-refractivity contribution in [1.82, 2.24) is 4.90 Å². The summed E-state index contributed by atoms with van der Waals surface area (Å²) in [6, 6.07) is 6.40. The molecule has 1 aromatic carbocycles. The van der Waals surface area contributed by atoms with Gasteiger partial charge in [0.25, 0.3) is 0 Å². The highest BCUT2D eigenvalue weighted by Crippen LogP contribution is 2.09. The molecule has 4 nitrogen and oxygen atoms in total. The van der Waals surface area contributed by atoms with Gasteiger partial charge in [0.1, 0.15) is 5.75 Å². The fourth-order valence-corrected chi connectivity index (χ4v) is 0.474. The smallest absolute Gasteiger partial charge is 0.209 e. The number of nitrogens with two attached hydrogens (primary N) is 1. The molecule has 13 heavy (non-hydrogen) atoms. The standard InChI is InChI=1S/C6H7NO.C3H7NO/c7-5-1-3-6(8)4-2-5;1-4(2)3-5/h1-4,8H,7H2;3H,1-2H3. The first-order chi connectivity index (χ1) is 6.06. The predicted molar refractivity (Wildman–Crippen MR) is 52.3 cm³/mol. The Morgan fingerprint density at radius 1 is 1.31 bits per heavy atom. The molecule has 0 aliphatic carbocycles. The number of phenolic OH excluding ortho intramolecular Hbond substituents is 1. The van der Waals surface area contributed by atoms with Crippen LogP contribution in [0.15, 0.2) is 24.3 Å². The number of nitrogens with zero attached hydrogens (tertiary/aromatic N) is 1. The molecule has 0 bridgehead atoms. The van der Waals surface area contributed by atoms with Gasteiger partial charge in [-0.05, 0) is 24.3 Å². The lowest BCUT2D eigenvalue weighted by molar-refractivity contribution is -0.115. The van der Waals surface area contributed by atoms with Gasteiger partial charge in [-0.3, -0.25) is 4.79 Å². The van der Waals surface area contributed by atoms with E-state index in [9.17, 15) is 4.79 Å². The summed E-state index contributed by atoms with van der Waals surface area (Å²) in [6.45, 7) is 0. The van der Waals surface area contributed by atoms with Gasteiger partial charge in [0, 0.05) is 19.8 Å². The van der Waals surface area contributed by atoms with E-state index in [4.69, 9.17) is 10.8 Å². The van der Waals surface area contributed by atoms with Crippen LogP contribution in [0.2, 0.25) is 0 Å². The van der Waals surface area contributed by atoms with Crippen LogP contribution in [0.1, 0.15) is 0 Å². The third kappa shape index (κ3) is 6.68. The molecule has 3 N–H and O–H groups in total. The van der Waals surface area contributed by atoms with Crippen LogP contribution in [0.5, 0.6) is 5.75 Å². The molecule has 1 amide bonds. The first kappa shape index (κ1) is 11.3. The van der Waals surface area contributed by atoms with E-state index >= 15 is 0 Å². The van der Waals surface area contributed by atoms with Gasteiger partial charge in [0.05, 0.1) is 0 Å². The third-order valence-corrected chi connectivity index (χ3v) is 1.10. The molecule has 0 aliphatic rings. The molecule has 4 heteroatoms. The minimum atomic E-state index is 0.249. The number of nitrogen functional groups attached to an aromatic ring is 1. The Balaban J connectivity index is 0.000000252. The van der Waals surface area contributed by atoms with Crippen LogP contribution in [0.3, 0.4) is 0 Å². The first-order valence-corrected chi connectivity index (χ1v) is 3.72. The number of aromatic hydroxyl groups is 1. The summed E-state index contributed by atoms with van der Waals surface area (Å²) in [5.74, 6) is 0.249. The average molecular weight is 182 g/mol. The Bertz CT molecular complexity index is 223. The van der Waals surface area contributed by atoms with Crippen molar-refractivity contribution < 1.29 is 9.90 Å². The average Bonchev–Trinajstić information content (AvgIpc) is 2.11. The van der Waals surface area contributed by atoms with Gasteiger partial charge >= 0.3 is 0 Å². The fourth-order valence-electron chi connectivity index (χ4n) is 0.474. The second-order valence-corrected chi connectivity index (χ2v) is 2.66. The zero-order chi connectivity index (χ0) is 10.3. The van der Waals surface area contributed by atoms with Crippen LogP contribution in [0, 0.1) is 0 Å². The zero-order valence-corrected chi connectivity index (χ0v) is 7.77. The molecule has 0 heterocycles. The monoisotopic (exact) mass is 182 g/mol. The summed E-state index contributed by atoms with van der Waals surface area (Å²) in [6.07, 6.45) is 0.750. The highest BCUT2D eigenvalue weighted by atomic mass is 16.3. The van der Waals surface area contributed by atoms with Crippen molar-refractivity contribution in [1.29, 1.82) is 0 Å². The van der Waals surface area contributed by atoms with Crippen molar-refractivity contribution in [2.24, 2.45) is 0 Å². The molecule has 0 unspecified atom stereocenters. The van der Waals surface area contributed by atoms with Crippen molar-refractivity contribution in [3.63, 3.8) is 0 Å². The van der Waals surface area contributed by atoms with Gasteiger partial charge in [-0.15, -0.1) is 0 Å². The molecule has 1 rings (SSSR count). The molecule has 0 radical (unpaired) electrons. The number of amides is 1. The molecule has 72 valence electrons. The number of carbonyl (C=O) groups excluding carboxylic acids is 1. The van der Waals surface area contributed by atoms with Crippen LogP contribution in [0.4, 0.5) is 5.69 Å². The third-order valence-electron chi connectivity index (χ3n) is 1.10. The minimum absolute atomic E-state index is 0.249. The van der Waals surface area contributed by atoms with Crippen molar-refractivity contribution in [2.45, 2.75) is 0 Å². The first-order valence-electron chi connectivity index (χ1n) is 3.72. The summed E-state index contributed by atoms with van der Waals surface area (Å²) in [5.41, 5.74) is 5.98. The van der Waals surface area contributed by atoms with Gasteiger partial charge in [-0.25, -0.2) is 0 Å². The number of rotatable bonds is 1. The minimum Gasteiger partial charge on any atom is -0.508 e. The lowest BCUT2D eigenvalue weighted by atomic mass is 10.3. The van der Waals surface area contributed by atoms with E-state index < -0.39 is 0 Å². The number of hydrogen-bond acceptors (Lipinski definition) is 3. The van der Waals surface area contributed by atoms with Crippen LogP contribution >= 0.6 is 0 Å². The van der Waals surface area contributed by atoms with Crippen LogP contribution < -0.4 is 5.73 Å². The highest BCUT2D eigenvalue weighted by molar-refractivity contribution is 5.45. The Labute approximate surface area is 77.6 Å². The van der Waals surface area contributed by atoms with Crippen LogP contribution in [-0.4, -0.2) is 30.5 Å². The number of carbonyl (C=O) groups is 1. The largest absolute Gasteiger partial charge is 0.508 e. The van der Waals surface area contributed by atoms with E-state index in [-0.39, 0.29) is 5.75 Å². The predicted octanol–water partition coefficient (Wildman–Crippen LogP) is 0.679. The maximum Gasteiger partial charge on any atom is 0.209 e. The van der Waals surface area contributed by atoms with Crippen LogP contribution in [0.25, 0.3) is 0 Å². The second-order valence-electron chi connectivity index (χ2n) is 2.66. The van der Waals surface area contributed by atoms with E-state index in [0.29, 0.717) is 5.69 Å². The maximum atomic E-state index is 9.43. The summed E-state index contributed by atoms with van der Waals surface area (Å²) >= 11 is 0. The van der Waals surface area contributed by atoms with E-state index in [1.807, 2.05) is 0 Å². The summed E-state index contributed by atoms with van der Waals surface area (Å²) in [4.78, 5) is 10.9. The second kappa shape index (κ2) is 5.88. The van der Waals surface area contributed by atoms with E-state index in [2.05, 4.69) is 0 Å². The van der Waals surface area contributed by atoms with E-state index in [1.165, 1.54) is 4.90 Å². The van der Waals surface area contributed by atoms with Crippen molar-refractivity contribution >= 4 is 12.1 Å². The molecule has 0 atom stereocenters. The lowest BCUT2D eigenvalue weighted by Crippen LogP contribution is -2.06. The molecular formula is C9H14N2O2. The number of phenols is 1. The normalized spacial score (nSPS) is 8.15. The van der Waals surface area contributed by atoms with Crippen molar-refractivity contribution in [3.05, 3.63) is 24.3 Å². The van der Waals surface area contributed by atoms with E-state index in [1.54, 1.807) is 38.4 Å². The summed E-state index contributed by atoms with van der Waals surface area (Å²) < 4.78 is 0. The highest BCUT2D eigenvalue weighted by Gasteiger charge is 1.82.